The molecule has 4 aliphatic carbocycles. The molecule has 4 rings (SSSR count). The lowest BCUT2D eigenvalue weighted by molar-refractivity contribution is -0.202. The molecule has 0 radical (unpaired) electrons. The third-order valence-corrected chi connectivity index (χ3v) is 15.7. The Labute approximate surface area is 319 Å². The van der Waals surface area contributed by atoms with Crippen LogP contribution in [-0.2, 0) is 9.59 Å². The molecule has 0 bridgehead atoms. The molecule has 0 heterocycles. The number of aliphatic hydroxyl groups is 2. The first-order chi connectivity index (χ1) is 25.0. The van der Waals surface area contributed by atoms with Gasteiger partial charge in [-0.3, -0.25) is 9.59 Å². The van der Waals surface area contributed by atoms with Crippen LogP contribution in [0.4, 0.5) is 0 Å². The molecule has 0 aliphatic heterocycles. The van der Waals surface area contributed by atoms with Crippen LogP contribution in [0.25, 0.3) is 0 Å². The molecule has 0 saturated heterocycles. The molecule has 0 aromatic heterocycles. The summed E-state index contributed by atoms with van der Waals surface area (Å²) >= 11 is 0. The van der Waals surface area contributed by atoms with Crippen molar-refractivity contribution in [1.82, 2.24) is 5.32 Å². The molecular formula is C46H83NO5. The summed E-state index contributed by atoms with van der Waals surface area (Å²) in [5.41, 5.74) is -0.187. The molecule has 4 aliphatic rings. The molecule has 0 aromatic carbocycles. The molecule has 0 aromatic rings. The number of carbonyl (C=O) groups is 2. The van der Waals surface area contributed by atoms with E-state index in [4.69, 9.17) is 0 Å². The molecular weight excluding hydrogens is 647 g/mol. The van der Waals surface area contributed by atoms with Crippen molar-refractivity contribution in [2.45, 2.75) is 232 Å². The van der Waals surface area contributed by atoms with Crippen molar-refractivity contribution in [1.29, 1.82) is 0 Å². The van der Waals surface area contributed by atoms with Crippen LogP contribution in [0.5, 0.6) is 0 Å². The van der Waals surface area contributed by atoms with Crippen LogP contribution in [0.1, 0.15) is 214 Å². The van der Waals surface area contributed by atoms with Crippen LogP contribution in [0.2, 0.25) is 0 Å². The third-order valence-electron chi connectivity index (χ3n) is 15.7. The molecule has 302 valence electrons. The molecule has 5 unspecified atom stereocenters. The number of aliphatic carboxylic acids is 1. The van der Waals surface area contributed by atoms with Gasteiger partial charge in [0.15, 0.2) is 0 Å². The maximum absolute atomic E-state index is 13.0. The molecule has 4 fully saturated rings. The lowest BCUT2D eigenvalue weighted by atomic mass is 9.43. The van der Waals surface area contributed by atoms with Gasteiger partial charge in [-0.15, -0.1) is 0 Å². The average Bonchev–Trinajstić information content (AvgIpc) is 3.47. The Balaban J connectivity index is 1.06. The number of hydrogen-bond donors (Lipinski definition) is 4. The third kappa shape index (κ3) is 11.7. The summed E-state index contributed by atoms with van der Waals surface area (Å²) < 4.78 is 0. The quantitative estimate of drug-likeness (QED) is 0.0700. The number of carboxylic acids is 1. The van der Waals surface area contributed by atoms with Crippen molar-refractivity contribution in [2.75, 3.05) is 0 Å². The number of hydrogen-bond acceptors (Lipinski definition) is 4. The summed E-state index contributed by atoms with van der Waals surface area (Å²) in [7, 11) is 0. The zero-order valence-corrected chi connectivity index (χ0v) is 34.4. The highest BCUT2D eigenvalue weighted by Crippen LogP contribution is 2.68. The van der Waals surface area contributed by atoms with E-state index in [1.54, 1.807) is 0 Å². The first-order valence-corrected chi connectivity index (χ1v) is 22.9. The molecule has 4 saturated carbocycles. The zero-order valence-electron chi connectivity index (χ0n) is 34.4. The Morgan fingerprint density at radius 1 is 0.692 bits per heavy atom. The van der Waals surface area contributed by atoms with Gasteiger partial charge < -0.3 is 20.6 Å². The van der Waals surface area contributed by atoms with Crippen molar-refractivity contribution in [2.24, 2.45) is 46.3 Å². The van der Waals surface area contributed by atoms with Crippen LogP contribution in [0, 0.1) is 46.3 Å². The van der Waals surface area contributed by atoms with Gasteiger partial charge in [0.25, 0.3) is 0 Å². The van der Waals surface area contributed by atoms with Crippen LogP contribution in [-0.4, -0.2) is 45.4 Å². The molecule has 6 heteroatoms. The normalized spacial score (nSPS) is 34.7. The minimum Gasteiger partial charge on any atom is -0.481 e. The van der Waals surface area contributed by atoms with E-state index in [9.17, 15) is 24.9 Å². The summed E-state index contributed by atoms with van der Waals surface area (Å²) in [6.07, 6.45) is 33.0. The first-order valence-electron chi connectivity index (χ1n) is 22.9. The number of rotatable bonds is 25. The van der Waals surface area contributed by atoms with Crippen molar-refractivity contribution in [3.63, 3.8) is 0 Å². The van der Waals surface area contributed by atoms with Gasteiger partial charge >= 0.3 is 5.97 Å². The standard InChI is InChI=1S/C46H83NO5/c1-5-6-7-8-9-10-11-12-13-14-15-16-17-18-19-20-21-22-23-24-42(50)47-36-29-30-45(3)35(31-36)32-40(48)44-38-27-26-37(34(2)25-28-43(51)52)46(38,4)41(49)33-39(44)45/h34-41,44,48-49H,5-33H2,1-4H3,(H,47,50)(H,51,52)/t34-,35?,36+,37-,38?,39?,40?,41+,44?,45+,46-/m1/s1. The Kier molecular flexibility index (Phi) is 18.3. The monoisotopic (exact) mass is 730 g/mol. The van der Waals surface area contributed by atoms with Gasteiger partial charge in [0.05, 0.1) is 12.2 Å². The smallest absolute Gasteiger partial charge is 0.303 e. The second-order valence-corrected chi connectivity index (χ2v) is 19.2. The number of amides is 1. The van der Waals surface area contributed by atoms with E-state index < -0.39 is 12.1 Å². The predicted molar refractivity (Wildman–Crippen MR) is 214 cm³/mol. The van der Waals surface area contributed by atoms with E-state index in [0.29, 0.717) is 30.6 Å². The number of carboxylic acid groups (broad SMARTS) is 1. The summed E-state index contributed by atoms with van der Waals surface area (Å²) in [5, 5.41) is 36.3. The summed E-state index contributed by atoms with van der Waals surface area (Å²) in [6, 6.07) is 0.194. The van der Waals surface area contributed by atoms with Gasteiger partial charge in [-0.05, 0) is 104 Å². The summed E-state index contributed by atoms with van der Waals surface area (Å²) in [5.74, 6) is 1.14. The van der Waals surface area contributed by atoms with Gasteiger partial charge in [-0.1, -0.05) is 143 Å². The molecule has 1 amide bonds. The van der Waals surface area contributed by atoms with E-state index in [0.717, 1.165) is 57.8 Å². The van der Waals surface area contributed by atoms with Gasteiger partial charge in [-0.2, -0.15) is 0 Å². The molecule has 0 spiro atoms. The summed E-state index contributed by atoms with van der Waals surface area (Å²) in [4.78, 5) is 24.3. The maximum Gasteiger partial charge on any atom is 0.303 e. The van der Waals surface area contributed by atoms with Gasteiger partial charge in [0, 0.05) is 18.9 Å². The van der Waals surface area contributed by atoms with Gasteiger partial charge in [0.2, 0.25) is 5.91 Å². The molecule has 11 atom stereocenters. The van der Waals surface area contributed by atoms with Crippen LogP contribution in [0.15, 0.2) is 0 Å². The minimum atomic E-state index is -0.745. The highest BCUT2D eigenvalue weighted by Gasteiger charge is 2.65. The molecule has 4 N–H and O–H groups in total. The van der Waals surface area contributed by atoms with Crippen LogP contribution in [0.3, 0.4) is 0 Å². The minimum absolute atomic E-state index is 0.0768. The Morgan fingerprint density at radius 2 is 1.23 bits per heavy atom. The first kappa shape index (κ1) is 43.6. The maximum atomic E-state index is 13.0. The highest BCUT2D eigenvalue weighted by atomic mass is 16.4. The molecule has 6 nitrogen and oxygen atoms in total. The number of fused-ring (bicyclic) bond motifs is 5. The van der Waals surface area contributed by atoms with Crippen molar-refractivity contribution < 1.29 is 24.9 Å². The fraction of sp³-hybridized carbons (Fsp3) is 0.957. The zero-order chi connectivity index (χ0) is 37.6. The van der Waals surface area contributed by atoms with E-state index >= 15 is 0 Å². The van der Waals surface area contributed by atoms with Crippen LogP contribution < -0.4 is 5.32 Å². The van der Waals surface area contributed by atoms with Crippen molar-refractivity contribution in [3.05, 3.63) is 0 Å². The largest absolute Gasteiger partial charge is 0.481 e. The predicted octanol–water partition coefficient (Wildman–Crippen LogP) is 11.4. The average molecular weight is 730 g/mol. The highest BCUT2D eigenvalue weighted by molar-refractivity contribution is 5.76. The Morgan fingerprint density at radius 3 is 1.77 bits per heavy atom. The lowest BCUT2D eigenvalue weighted by Gasteiger charge is -2.63. The van der Waals surface area contributed by atoms with Crippen molar-refractivity contribution >= 4 is 11.9 Å². The summed E-state index contributed by atoms with van der Waals surface area (Å²) in [6.45, 7) is 9.14. The van der Waals surface area contributed by atoms with Crippen molar-refractivity contribution in [3.8, 4) is 0 Å². The van der Waals surface area contributed by atoms with E-state index in [-0.39, 0.29) is 53.1 Å². The van der Waals surface area contributed by atoms with E-state index in [2.05, 4.69) is 33.0 Å². The number of aliphatic hydroxyl groups excluding tert-OH is 2. The van der Waals surface area contributed by atoms with Gasteiger partial charge in [-0.25, -0.2) is 0 Å². The van der Waals surface area contributed by atoms with E-state index in [1.807, 2.05) is 0 Å². The second kappa shape index (κ2) is 21.8. The van der Waals surface area contributed by atoms with Gasteiger partial charge in [0.1, 0.15) is 0 Å². The number of unbranched alkanes of at least 4 members (excludes halogenated alkanes) is 18. The van der Waals surface area contributed by atoms with E-state index in [1.165, 1.54) is 109 Å². The number of nitrogens with one attached hydrogen (secondary N) is 1. The Hall–Kier alpha value is -1.14. The fourth-order valence-electron chi connectivity index (χ4n) is 12.5. The topological polar surface area (TPSA) is 107 Å². The second-order valence-electron chi connectivity index (χ2n) is 19.2. The number of carbonyl (C=O) groups excluding carboxylic acids is 1. The lowest BCUT2D eigenvalue weighted by Crippen LogP contribution is -2.63. The Bertz CT molecular complexity index is 1050. The fourth-order valence-corrected chi connectivity index (χ4v) is 12.5. The van der Waals surface area contributed by atoms with Crippen LogP contribution >= 0.6 is 0 Å². The SMILES string of the molecule is CCCCCCCCCCCCCCCCCCCCCC(=O)N[C@H]1CC[C@@]2(C)C(CC(O)C3C2C[C@H](O)[C@@]2(C)C3CC[C@@H]2[C@H](C)CCC(=O)O)C1. The molecule has 52 heavy (non-hydrogen) atoms.